The van der Waals surface area contributed by atoms with Crippen LogP contribution in [0.2, 0.25) is 0 Å². The summed E-state index contributed by atoms with van der Waals surface area (Å²) in [7, 11) is 1.68. The van der Waals surface area contributed by atoms with E-state index in [9.17, 15) is 0 Å². The molecule has 98 valence electrons. The van der Waals surface area contributed by atoms with E-state index in [0.717, 1.165) is 43.9 Å². The molecule has 0 saturated heterocycles. The average Bonchev–Trinajstić information content (AvgIpc) is 2.73. The average molecular weight is 241 g/mol. The Bertz CT molecular complexity index is 289. The predicted molar refractivity (Wildman–Crippen MR) is 67.0 cm³/mol. The Morgan fingerprint density at radius 2 is 2.18 bits per heavy atom. The van der Waals surface area contributed by atoms with E-state index in [-0.39, 0.29) is 0 Å². The number of rotatable bonds is 10. The van der Waals surface area contributed by atoms with Gasteiger partial charge >= 0.3 is 0 Å². The van der Waals surface area contributed by atoms with Gasteiger partial charge in [0, 0.05) is 26.0 Å². The van der Waals surface area contributed by atoms with Crippen molar-refractivity contribution in [2.24, 2.45) is 0 Å². The van der Waals surface area contributed by atoms with Gasteiger partial charge in [-0.25, -0.2) is 4.98 Å². The number of hydrogen-bond donors (Lipinski definition) is 2. The quantitative estimate of drug-likeness (QED) is 0.605. The Morgan fingerprint density at radius 3 is 2.88 bits per heavy atom. The first kappa shape index (κ1) is 14.2. The first-order valence-corrected chi connectivity index (χ1v) is 6.11. The fourth-order valence-corrected chi connectivity index (χ4v) is 1.47. The minimum Gasteiger partial charge on any atom is -0.382 e. The lowest BCUT2D eigenvalue weighted by molar-refractivity contribution is 0.0688. The SMILES string of the molecule is COCCOCCCCNCc1nc[nH]c1C. The molecule has 1 aromatic heterocycles. The maximum Gasteiger partial charge on any atom is 0.0925 e. The van der Waals surface area contributed by atoms with Gasteiger partial charge < -0.3 is 19.8 Å². The van der Waals surface area contributed by atoms with Crippen LogP contribution in [0.3, 0.4) is 0 Å². The van der Waals surface area contributed by atoms with Crippen molar-refractivity contribution in [1.82, 2.24) is 15.3 Å². The van der Waals surface area contributed by atoms with E-state index in [1.165, 1.54) is 0 Å². The molecule has 0 spiro atoms. The van der Waals surface area contributed by atoms with Gasteiger partial charge in [0.15, 0.2) is 0 Å². The lowest BCUT2D eigenvalue weighted by atomic mass is 10.3. The highest BCUT2D eigenvalue weighted by Crippen LogP contribution is 1.99. The molecular formula is C12H23N3O2. The van der Waals surface area contributed by atoms with Crippen LogP contribution in [0.25, 0.3) is 0 Å². The van der Waals surface area contributed by atoms with Gasteiger partial charge in [-0.15, -0.1) is 0 Å². The normalized spacial score (nSPS) is 10.9. The maximum atomic E-state index is 5.38. The van der Waals surface area contributed by atoms with Crippen LogP contribution in [0.1, 0.15) is 24.2 Å². The first-order valence-electron chi connectivity index (χ1n) is 6.11. The van der Waals surface area contributed by atoms with E-state index < -0.39 is 0 Å². The molecule has 1 rings (SSSR count). The van der Waals surface area contributed by atoms with Gasteiger partial charge in [-0.3, -0.25) is 0 Å². The number of unbranched alkanes of at least 4 members (excludes halogenated alkanes) is 1. The Kier molecular flexibility index (Phi) is 7.62. The van der Waals surface area contributed by atoms with Crippen molar-refractivity contribution in [3.8, 4) is 0 Å². The zero-order chi connectivity index (χ0) is 12.3. The largest absolute Gasteiger partial charge is 0.382 e. The number of aromatic amines is 1. The molecule has 0 aliphatic heterocycles. The molecule has 0 amide bonds. The van der Waals surface area contributed by atoms with Crippen LogP contribution in [0.4, 0.5) is 0 Å². The molecule has 0 aromatic carbocycles. The number of nitrogens with zero attached hydrogens (tertiary/aromatic N) is 1. The summed E-state index contributed by atoms with van der Waals surface area (Å²) in [6.45, 7) is 6.05. The molecule has 0 saturated carbocycles. The van der Waals surface area contributed by atoms with Crippen molar-refractivity contribution in [3.63, 3.8) is 0 Å². The summed E-state index contributed by atoms with van der Waals surface area (Å²) in [4.78, 5) is 7.29. The number of hydrogen-bond acceptors (Lipinski definition) is 4. The number of nitrogens with one attached hydrogen (secondary N) is 2. The summed E-state index contributed by atoms with van der Waals surface area (Å²) in [6, 6.07) is 0. The minimum absolute atomic E-state index is 0.677. The van der Waals surface area contributed by atoms with Gasteiger partial charge in [0.25, 0.3) is 0 Å². The van der Waals surface area contributed by atoms with Gasteiger partial charge in [-0.05, 0) is 26.3 Å². The molecule has 0 bridgehead atoms. The van der Waals surface area contributed by atoms with Crippen molar-refractivity contribution >= 4 is 0 Å². The lowest BCUT2D eigenvalue weighted by Crippen LogP contribution is -2.16. The Hall–Kier alpha value is -0.910. The number of aryl methyl sites for hydroxylation is 1. The third kappa shape index (κ3) is 6.41. The fourth-order valence-electron chi connectivity index (χ4n) is 1.47. The first-order chi connectivity index (χ1) is 8.34. The maximum absolute atomic E-state index is 5.38. The number of methoxy groups -OCH3 is 1. The summed E-state index contributed by atoms with van der Waals surface area (Å²) in [5, 5.41) is 3.37. The summed E-state index contributed by atoms with van der Waals surface area (Å²) in [6.07, 6.45) is 3.93. The topological polar surface area (TPSA) is 59.2 Å². The monoisotopic (exact) mass is 241 g/mol. The molecular weight excluding hydrogens is 218 g/mol. The third-order valence-corrected chi connectivity index (χ3v) is 2.55. The van der Waals surface area contributed by atoms with E-state index >= 15 is 0 Å². The van der Waals surface area contributed by atoms with Crippen LogP contribution in [0, 0.1) is 6.92 Å². The third-order valence-electron chi connectivity index (χ3n) is 2.55. The minimum atomic E-state index is 0.677. The van der Waals surface area contributed by atoms with Crippen molar-refractivity contribution in [1.29, 1.82) is 0 Å². The molecule has 5 heteroatoms. The van der Waals surface area contributed by atoms with Gasteiger partial charge in [-0.2, -0.15) is 0 Å². The smallest absolute Gasteiger partial charge is 0.0925 e. The standard InChI is InChI=1S/C12H23N3O2/c1-11-12(15-10-14-11)9-13-5-3-4-6-17-8-7-16-2/h10,13H,3-9H2,1-2H3,(H,14,15). The lowest BCUT2D eigenvalue weighted by Gasteiger charge is -2.05. The summed E-state index contributed by atoms with van der Waals surface area (Å²) in [5.41, 5.74) is 2.24. The Labute approximate surface area is 103 Å². The molecule has 0 atom stereocenters. The van der Waals surface area contributed by atoms with Gasteiger partial charge in [0.1, 0.15) is 0 Å². The highest BCUT2D eigenvalue weighted by atomic mass is 16.5. The molecule has 1 heterocycles. The van der Waals surface area contributed by atoms with E-state index in [4.69, 9.17) is 9.47 Å². The molecule has 1 aromatic rings. The van der Waals surface area contributed by atoms with E-state index in [0.29, 0.717) is 13.2 Å². The number of aromatic nitrogens is 2. The van der Waals surface area contributed by atoms with Crippen LogP contribution in [0.5, 0.6) is 0 Å². The Balaban J connectivity index is 1.86. The second kappa shape index (κ2) is 9.15. The van der Waals surface area contributed by atoms with Gasteiger partial charge in [0.05, 0.1) is 25.2 Å². The molecule has 0 unspecified atom stereocenters. The van der Waals surface area contributed by atoms with Gasteiger partial charge in [0.2, 0.25) is 0 Å². The second-order valence-electron chi connectivity index (χ2n) is 3.96. The number of H-pyrrole nitrogens is 1. The van der Waals surface area contributed by atoms with E-state index in [2.05, 4.69) is 15.3 Å². The molecule has 0 radical (unpaired) electrons. The van der Waals surface area contributed by atoms with Crippen LogP contribution >= 0.6 is 0 Å². The molecule has 0 aliphatic rings. The molecule has 17 heavy (non-hydrogen) atoms. The zero-order valence-electron chi connectivity index (χ0n) is 10.8. The molecule has 0 fully saturated rings. The fraction of sp³-hybridized carbons (Fsp3) is 0.750. The summed E-state index contributed by atoms with van der Waals surface area (Å²) < 4.78 is 10.3. The summed E-state index contributed by atoms with van der Waals surface area (Å²) in [5.74, 6) is 0. The van der Waals surface area contributed by atoms with E-state index in [1.54, 1.807) is 13.4 Å². The van der Waals surface area contributed by atoms with Crippen LogP contribution in [0.15, 0.2) is 6.33 Å². The van der Waals surface area contributed by atoms with Crippen molar-refractivity contribution < 1.29 is 9.47 Å². The van der Waals surface area contributed by atoms with E-state index in [1.807, 2.05) is 6.92 Å². The molecule has 5 nitrogen and oxygen atoms in total. The number of ether oxygens (including phenoxy) is 2. The molecule has 2 N–H and O–H groups in total. The van der Waals surface area contributed by atoms with Crippen molar-refractivity contribution in [2.45, 2.75) is 26.3 Å². The van der Waals surface area contributed by atoms with Crippen molar-refractivity contribution in [3.05, 3.63) is 17.7 Å². The van der Waals surface area contributed by atoms with Gasteiger partial charge in [-0.1, -0.05) is 0 Å². The van der Waals surface area contributed by atoms with Crippen LogP contribution in [-0.2, 0) is 16.0 Å². The number of imidazole rings is 1. The predicted octanol–water partition coefficient (Wildman–Crippen LogP) is 1.25. The Morgan fingerprint density at radius 1 is 1.29 bits per heavy atom. The highest BCUT2D eigenvalue weighted by Gasteiger charge is 1.99. The second-order valence-corrected chi connectivity index (χ2v) is 3.96. The van der Waals surface area contributed by atoms with Crippen LogP contribution in [-0.4, -0.2) is 43.4 Å². The molecule has 0 aliphatic carbocycles. The van der Waals surface area contributed by atoms with Crippen molar-refractivity contribution in [2.75, 3.05) is 33.5 Å². The summed E-state index contributed by atoms with van der Waals surface area (Å²) >= 11 is 0. The zero-order valence-corrected chi connectivity index (χ0v) is 10.8. The highest BCUT2D eigenvalue weighted by molar-refractivity contribution is 5.07. The van der Waals surface area contributed by atoms with Crippen LogP contribution < -0.4 is 5.32 Å².